The molecule has 1 aromatic rings. The first-order valence-electron chi connectivity index (χ1n) is 8.19. The van der Waals surface area contributed by atoms with E-state index in [1.54, 1.807) is 6.92 Å². The number of carbonyl (C=O) groups excluding carboxylic acids is 2. The topological polar surface area (TPSA) is 73.9 Å². The Hall–Kier alpha value is -2.50. The highest BCUT2D eigenvalue weighted by molar-refractivity contribution is 5.90. The Morgan fingerprint density at radius 3 is 2.92 bits per heavy atom. The normalized spacial score (nSPS) is 20.5. The lowest BCUT2D eigenvalue weighted by molar-refractivity contribution is -0.155. The average molecular weight is 331 g/mol. The molecule has 1 amide bonds. The van der Waals surface area contributed by atoms with E-state index < -0.39 is 12.1 Å². The molecule has 1 aliphatic heterocycles. The molecule has 6 nitrogen and oxygen atoms in total. The first-order valence-corrected chi connectivity index (χ1v) is 8.19. The van der Waals surface area contributed by atoms with Crippen LogP contribution >= 0.6 is 0 Å². The molecular weight excluding hydrogens is 310 g/mol. The van der Waals surface area contributed by atoms with E-state index in [0.29, 0.717) is 13.2 Å². The van der Waals surface area contributed by atoms with Gasteiger partial charge in [0.1, 0.15) is 19.5 Å². The van der Waals surface area contributed by atoms with Gasteiger partial charge in [-0.05, 0) is 37.3 Å². The predicted octanol–water partition coefficient (Wildman–Crippen LogP) is 2.00. The summed E-state index contributed by atoms with van der Waals surface area (Å²) >= 11 is 0. The van der Waals surface area contributed by atoms with Crippen molar-refractivity contribution in [2.45, 2.75) is 38.3 Å². The van der Waals surface area contributed by atoms with Crippen molar-refractivity contribution in [1.29, 1.82) is 0 Å². The van der Waals surface area contributed by atoms with E-state index in [2.05, 4.69) is 11.4 Å². The molecule has 128 valence electrons. The Bertz CT molecular complexity index is 655. The number of nitrogens with one attached hydrogen (secondary N) is 1. The van der Waals surface area contributed by atoms with E-state index in [1.807, 2.05) is 18.2 Å². The Morgan fingerprint density at radius 2 is 2.12 bits per heavy atom. The van der Waals surface area contributed by atoms with Crippen LogP contribution in [0.2, 0.25) is 0 Å². The highest BCUT2D eigenvalue weighted by Gasteiger charge is 2.27. The Balaban J connectivity index is 1.59. The quantitative estimate of drug-likeness (QED) is 0.854. The number of rotatable bonds is 4. The first kappa shape index (κ1) is 16.4. The molecule has 0 bridgehead atoms. The van der Waals surface area contributed by atoms with Gasteiger partial charge in [-0.1, -0.05) is 24.3 Å². The minimum absolute atomic E-state index is 0.0103. The van der Waals surface area contributed by atoms with Crippen LogP contribution in [-0.4, -0.2) is 31.2 Å². The van der Waals surface area contributed by atoms with Gasteiger partial charge >= 0.3 is 5.97 Å². The van der Waals surface area contributed by atoms with Crippen LogP contribution in [0.3, 0.4) is 0 Å². The number of carbonyl (C=O) groups is 2. The number of amides is 1. The van der Waals surface area contributed by atoms with E-state index in [1.165, 1.54) is 11.8 Å². The maximum Gasteiger partial charge on any atom is 0.377 e. The molecule has 1 aromatic carbocycles. The molecule has 0 fully saturated rings. The molecule has 2 aliphatic rings. The molecule has 1 heterocycles. The summed E-state index contributed by atoms with van der Waals surface area (Å²) in [4.78, 5) is 24.3. The second-order valence-electron chi connectivity index (χ2n) is 5.90. The smallest absolute Gasteiger partial charge is 0.377 e. The molecule has 0 unspecified atom stereocenters. The molecule has 0 saturated carbocycles. The van der Waals surface area contributed by atoms with Crippen molar-refractivity contribution in [2.24, 2.45) is 0 Å². The van der Waals surface area contributed by atoms with Crippen LogP contribution in [0.1, 0.15) is 36.9 Å². The van der Waals surface area contributed by atoms with Crippen LogP contribution in [0.4, 0.5) is 0 Å². The van der Waals surface area contributed by atoms with Gasteiger partial charge in [-0.15, -0.1) is 0 Å². The van der Waals surface area contributed by atoms with Crippen molar-refractivity contribution < 1.29 is 23.8 Å². The molecule has 6 heteroatoms. The zero-order valence-corrected chi connectivity index (χ0v) is 13.6. The van der Waals surface area contributed by atoms with Crippen molar-refractivity contribution in [3.63, 3.8) is 0 Å². The molecule has 1 aliphatic carbocycles. The molecule has 0 spiro atoms. The lowest BCUT2D eigenvalue weighted by atomic mass is 9.87. The van der Waals surface area contributed by atoms with Gasteiger partial charge in [0.25, 0.3) is 5.91 Å². The van der Waals surface area contributed by atoms with Crippen molar-refractivity contribution in [1.82, 2.24) is 5.32 Å². The summed E-state index contributed by atoms with van der Waals surface area (Å²) in [5, 5.41) is 2.98. The van der Waals surface area contributed by atoms with Gasteiger partial charge in [0.15, 0.2) is 6.10 Å². The van der Waals surface area contributed by atoms with Crippen LogP contribution in [-0.2, 0) is 30.2 Å². The fourth-order valence-corrected chi connectivity index (χ4v) is 2.94. The van der Waals surface area contributed by atoms with Gasteiger partial charge in [-0.3, -0.25) is 4.79 Å². The van der Waals surface area contributed by atoms with E-state index in [9.17, 15) is 9.59 Å². The molecule has 1 N–H and O–H groups in total. The lowest BCUT2D eigenvalue weighted by Crippen LogP contribution is -2.39. The monoisotopic (exact) mass is 331 g/mol. The Labute approximate surface area is 140 Å². The molecule has 0 saturated heterocycles. The summed E-state index contributed by atoms with van der Waals surface area (Å²) in [6.07, 6.45) is 3.24. The summed E-state index contributed by atoms with van der Waals surface area (Å²) in [7, 11) is 0. The third-order valence-electron chi connectivity index (χ3n) is 4.19. The number of benzene rings is 1. The van der Waals surface area contributed by atoms with Crippen LogP contribution in [0.25, 0.3) is 0 Å². The third-order valence-corrected chi connectivity index (χ3v) is 4.19. The van der Waals surface area contributed by atoms with Crippen LogP contribution in [0, 0.1) is 0 Å². The lowest BCUT2D eigenvalue weighted by Gasteiger charge is -2.27. The largest absolute Gasteiger partial charge is 0.493 e. The van der Waals surface area contributed by atoms with Gasteiger partial charge in [-0.2, -0.15) is 0 Å². The fraction of sp³-hybridized carbons (Fsp3) is 0.444. The Morgan fingerprint density at radius 1 is 1.29 bits per heavy atom. The van der Waals surface area contributed by atoms with Gasteiger partial charge in [-0.25, -0.2) is 4.79 Å². The van der Waals surface area contributed by atoms with Crippen LogP contribution in [0.15, 0.2) is 36.3 Å². The number of ether oxygens (including phenoxy) is 3. The second-order valence-corrected chi connectivity index (χ2v) is 5.90. The molecule has 2 atom stereocenters. The average Bonchev–Trinajstić information content (AvgIpc) is 2.62. The van der Waals surface area contributed by atoms with Crippen molar-refractivity contribution in [2.75, 3.05) is 13.2 Å². The van der Waals surface area contributed by atoms with E-state index >= 15 is 0 Å². The summed E-state index contributed by atoms with van der Waals surface area (Å²) < 4.78 is 15.3. The Kier molecular flexibility index (Phi) is 5.03. The molecular formula is C18H21NO5. The minimum atomic E-state index is -0.905. The maximum atomic E-state index is 12.4. The number of hydrogen-bond donors (Lipinski definition) is 1. The molecule has 24 heavy (non-hydrogen) atoms. The number of esters is 1. The van der Waals surface area contributed by atoms with Crippen LogP contribution < -0.4 is 5.32 Å². The van der Waals surface area contributed by atoms with E-state index in [0.717, 1.165) is 24.8 Å². The fourth-order valence-electron chi connectivity index (χ4n) is 2.94. The van der Waals surface area contributed by atoms with Crippen molar-refractivity contribution >= 4 is 11.9 Å². The second kappa shape index (κ2) is 7.38. The van der Waals surface area contributed by atoms with Gasteiger partial charge in [0.05, 0.1) is 6.04 Å². The van der Waals surface area contributed by atoms with E-state index in [-0.39, 0.29) is 17.7 Å². The predicted molar refractivity (Wildman–Crippen MR) is 85.8 cm³/mol. The highest BCUT2D eigenvalue weighted by atomic mass is 16.6. The molecule has 3 rings (SSSR count). The zero-order chi connectivity index (χ0) is 16.9. The number of fused-ring (bicyclic) bond motifs is 1. The van der Waals surface area contributed by atoms with E-state index in [4.69, 9.17) is 14.2 Å². The number of hydrogen-bond acceptors (Lipinski definition) is 5. The minimum Gasteiger partial charge on any atom is -0.493 e. The zero-order valence-electron chi connectivity index (χ0n) is 13.6. The SMILES string of the molecule is C[C@@H](OC(=O)C1=COCCO1)C(=O)N[C@@H]1CCCc2ccccc21. The number of aryl methyl sites for hydroxylation is 1. The highest BCUT2D eigenvalue weighted by Crippen LogP contribution is 2.29. The van der Waals surface area contributed by atoms with Crippen LogP contribution in [0.5, 0.6) is 0 Å². The summed E-state index contributed by atoms with van der Waals surface area (Å²) in [6.45, 7) is 2.24. The van der Waals surface area contributed by atoms with Gasteiger partial charge < -0.3 is 19.5 Å². The first-order chi connectivity index (χ1) is 11.6. The van der Waals surface area contributed by atoms with Gasteiger partial charge in [0, 0.05) is 0 Å². The van der Waals surface area contributed by atoms with Gasteiger partial charge in [0.2, 0.25) is 5.76 Å². The van der Waals surface area contributed by atoms with Crippen molar-refractivity contribution in [3.8, 4) is 0 Å². The molecule has 0 aromatic heterocycles. The maximum absolute atomic E-state index is 12.4. The van der Waals surface area contributed by atoms with Crippen molar-refractivity contribution in [3.05, 3.63) is 47.4 Å². The standard InChI is InChI=1S/C18H21NO5/c1-12(24-18(21)16-11-22-9-10-23-16)17(20)19-15-8-4-6-13-5-2-3-7-14(13)15/h2-3,5,7,11-12,15H,4,6,8-10H2,1H3,(H,19,20)/t12-,15-/m1/s1. The summed E-state index contributed by atoms with van der Waals surface area (Å²) in [6, 6.07) is 8.06. The molecule has 0 radical (unpaired) electrons. The summed E-state index contributed by atoms with van der Waals surface area (Å²) in [5.74, 6) is -1.02. The third kappa shape index (κ3) is 3.69. The summed E-state index contributed by atoms with van der Waals surface area (Å²) in [5.41, 5.74) is 2.40.